The van der Waals surface area contributed by atoms with Gasteiger partial charge in [-0.2, -0.15) is 0 Å². The molecule has 0 saturated heterocycles. The third-order valence-corrected chi connectivity index (χ3v) is 2.52. The van der Waals surface area contributed by atoms with E-state index in [-0.39, 0.29) is 17.8 Å². The number of ether oxygens (including phenoxy) is 1. The summed E-state index contributed by atoms with van der Waals surface area (Å²) in [5, 5.41) is 3.20. The minimum atomic E-state index is -0.170. The third kappa shape index (κ3) is 3.53. The van der Waals surface area contributed by atoms with E-state index in [1.54, 1.807) is 12.4 Å². The van der Waals surface area contributed by atoms with Crippen LogP contribution in [0.4, 0.5) is 5.69 Å². The van der Waals surface area contributed by atoms with Crippen LogP contribution < -0.4 is 5.32 Å². The Balaban J connectivity index is 2.54. The second kappa shape index (κ2) is 6.10. The Morgan fingerprint density at radius 2 is 2.06 bits per heavy atom. The lowest BCUT2D eigenvalue weighted by Crippen LogP contribution is -2.28. The molecule has 88 valence electrons. The van der Waals surface area contributed by atoms with Crippen molar-refractivity contribution in [2.24, 2.45) is 11.8 Å². The van der Waals surface area contributed by atoms with Crippen LogP contribution in [0.5, 0.6) is 0 Å². The molecule has 0 spiro atoms. The molecule has 0 bridgehead atoms. The van der Waals surface area contributed by atoms with Gasteiger partial charge >= 0.3 is 5.97 Å². The average Bonchev–Trinajstić information content (AvgIpc) is 2.30. The smallest absolute Gasteiger partial charge is 0.310 e. The number of pyridine rings is 1. The number of aromatic nitrogens is 1. The minimum absolute atomic E-state index is 0.127. The normalized spacial score (nSPS) is 12.2. The summed E-state index contributed by atoms with van der Waals surface area (Å²) < 4.78 is 4.77. The lowest BCUT2D eigenvalue weighted by molar-refractivity contribution is -0.146. The summed E-state index contributed by atoms with van der Waals surface area (Å²) in [5.41, 5.74) is 0.963. The Bertz CT molecular complexity index is 325. The molecular weight excluding hydrogens is 204 g/mol. The van der Waals surface area contributed by atoms with Gasteiger partial charge in [-0.25, -0.2) is 0 Å². The molecule has 1 heterocycles. The van der Waals surface area contributed by atoms with Crippen molar-refractivity contribution in [2.45, 2.75) is 13.8 Å². The van der Waals surface area contributed by atoms with E-state index in [4.69, 9.17) is 4.74 Å². The van der Waals surface area contributed by atoms with Crippen molar-refractivity contribution in [3.05, 3.63) is 24.5 Å². The molecule has 0 aromatic carbocycles. The van der Waals surface area contributed by atoms with Gasteiger partial charge in [-0.05, 0) is 18.1 Å². The summed E-state index contributed by atoms with van der Waals surface area (Å²) in [5.74, 6) is -0.0449. The Morgan fingerprint density at radius 1 is 1.44 bits per heavy atom. The largest absolute Gasteiger partial charge is 0.469 e. The highest BCUT2D eigenvalue weighted by atomic mass is 16.5. The lowest BCUT2D eigenvalue weighted by Gasteiger charge is -2.19. The van der Waals surface area contributed by atoms with E-state index in [0.717, 1.165) is 5.69 Å². The van der Waals surface area contributed by atoms with Gasteiger partial charge < -0.3 is 10.1 Å². The SMILES string of the molecule is COC(=O)C(CNc1ccncc1)C(C)C. The van der Waals surface area contributed by atoms with Crippen LogP contribution in [0.2, 0.25) is 0 Å². The summed E-state index contributed by atoms with van der Waals surface area (Å²) in [4.78, 5) is 15.4. The van der Waals surface area contributed by atoms with E-state index in [2.05, 4.69) is 10.3 Å². The Labute approximate surface area is 96.0 Å². The van der Waals surface area contributed by atoms with E-state index in [9.17, 15) is 4.79 Å². The monoisotopic (exact) mass is 222 g/mol. The molecule has 4 heteroatoms. The van der Waals surface area contributed by atoms with Crippen molar-refractivity contribution in [3.8, 4) is 0 Å². The molecule has 0 fully saturated rings. The van der Waals surface area contributed by atoms with Crippen molar-refractivity contribution in [1.29, 1.82) is 0 Å². The second-order valence-corrected chi connectivity index (χ2v) is 3.99. The van der Waals surface area contributed by atoms with E-state index >= 15 is 0 Å². The zero-order valence-electron chi connectivity index (χ0n) is 9.93. The first-order chi connectivity index (χ1) is 7.65. The van der Waals surface area contributed by atoms with E-state index in [1.807, 2.05) is 26.0 Å². The summed E-state index contributed by atoms with van der Waals surface area (Å²) in [6, 6.07) is 3.74. The number of rotatable bonds is 5. The number of carbonyl (C=O) groups excluding carboxylic acids is 1. The molecule has 1 rings (SSSR count). The van der Waals surface area contributed by atoms with Crippen molar-refractivity contribution in [3.63, 3.8) is 0 Å². The number of anilines is 1. The number of carbonyl (C=O) groups is 1. The zero-order valence-corrected chi connectivity index (χ0v) is 9.93. The summed E-state index contributed by atoms with van der Waals surface area (Å²) in [7, 11) is 1.42. The first-order valence-electron chi connectivity index (χ1n) is 5.37. The van der Waals surface area contributed by atoms with Gasteiger partial charge in [-0.1, -0.05) is 13.8 Å². The molecule has 1 aromatic rings. The topological polar surface area (TPSA) is 51.2 Å². The highest BCUT2D eigenvalue weighted by molar-refractivity contribution is 5.73. The van der Waals surface area contributed by atoms with Gasteiger partial charge in [0.15, 0.2) is 0 Å². The van der Waals surface area contributed by atoms with Crippen LogP contribution in [0.25, 0.3) is 0 Å². The molecule has 1 N–H and O–H groups in total. The van der Waals surface area contributed by atoms with Crippen LogP contribution in [-0.4, -0.2) is 24.6 Å². The molecule has 0 aliphatic rings. The van der Waals surface area contributed by atoms with Crippen LogP contribution >= 0.6 is 0 Å². The zero-order chi connectivity index (χ0) is 12.0. The molecule has 1 atom stereocenters. The average molecular weight is 222 g/mol. The minimum Gasteiger partial charge on any atom is -0.469 e. The summed E-state index contributed by atoms with van der Waals surface area (Å²) >= 11 is 0. The van der Waals surface area contributed by atoms with Crippen molar-refractivity contribution >= 4 is 11.7 Å². The molecule has 1 unspecified atom stereocenters. The molecule has 0 amide bonds. The molecule has 0 saturated carbocycles. The molecule has 4 nitrogen and oxygen atoms in total. The van der Waals surface area contributed by atoms with Gasteiger partial charge in [-0.3, -0.25) is 9.78 Å². The first kappa shape index (κ1) is 12.5. The Hall–Kier alpha value is -1.58. The van der Waals surface area contributed by atoms with Crippen molar-refractivity contribution in [1.82, 2.24) is 4.98 Å². The van der Waals surface area contributed by atoms with Crippen LogP contribution in [0.3, 0.4) is 0 Å². The van der Waals surface area contributed by atoms with Crippen molar-refractivity contribution in [2.75, 3.05) is 19.0 Å². The predicted octanol–water partition coefficient (Wildman–Crippen LogP) is 1.94. The predicted molar refractivity (Wildman–Crippen MR) is 63.1 cm³/mol. The third-order valence-electron chi connectivity index (χ3n) is 2.52. The van der Waals surface area contributed by atoms with Crippen LogP contribution in [0.1, 0.15) is 13.8 Å². The van der Waals surface area contributed by atoms with Gasteiger partial charge in [0.05, 0.1) is 13.0 Å². The number of methoxy groups -OCH3 is 1. The van der Waals surface area contributed by atoms with Crippen molar-refractivity contribution < 1.29 is 9.53 Å². The molecule has 0 radical (unpaired) electrons. The highest BCUT2D eigenvalue weighted by Gasteiger charge is 2.22. The highest BCUT2D eigenvalue weighted by Crippen LogP contribution is 2.14. The fraction of sp³-hybridized carbons (Fsp3) is 0.500. The Morgan fingerprint density at radius 3 is 2.56 bits per heavy atom. The number of esters is 1. The van der Waals surface area contributed by atoms with Gasteiger partial charge in [0.2, 0.25) is 0 Å². The summed E-state index contributed by atoms with van der Waals surface area (Å²) in [6.45, 7) is 4.60. The summed E-state index contributed by atoms with van der Waals surface area (Å²) in [6.07, 6.45) is 3.43. The van der Waals surface area contributed by atoms with Crippen LogP contribution in [0, 0.1) is 11.8 Å². The van der Waals surface area contributed by atoms with E-state index < -0.39 is 0 Å². The number of hydrogen-bond acceptors (Lipinski definition) is 4. The maximum Gasteiger partial charge on any atom is 0.310 e. The van der Waals surface area contributed by atoms with Crippen LogP contribution in [-0.2, 0) is 9.53 Å². The molecule has 1 aromatic heterocycles. The first-order valence-corrected chi connectivity index (χ1v) is 5.37. The van der Waals surface area contributed by atoms with Gasteiger partial charge in [0.1, 0.15) is 0 Å². The van der Waals surface area contributed by atoms with Gasteiger partial charge in [0.25, 0.3) is 0 Å². The number of hydrogen-bond donors (Lipinski definition) is 1. The maximum absolute atomic E-state index is 11.5. The fourth-order valence-electron chi connectivity index (χ4n) is 1.44. The number of nitrogens with one attached hydrogen (secondary N) is 1. The number of nitrogens with zero attached hydrogens (tertiary/aromatic N) is 1. The quantitative estimate of drug-likeness (QED) is 0.773. The lowest BCUT2D eigenvalue weighted by atomic mass is 9.96. The van der Waals surface area contributed by atoms with Gasteiger partial charge in [-0.15, -0.1) is 0 Å². The molecule has 16 heavy (non-hydrogen) atoms. The standard InChI is InChI=1S/C12H18N2O2/c1-9(2)11(12(15)16-3)8-14-10-4-6-13-7-5-10/h4-7,9,11H,8H2,1-3H3,(H,13,14). The van der Waals surface area contributed by atoms with Crippen LogP contribution in [0.15, 0.2) is 24.5 Å². The van der Waals surface area contributed by atoms with E-state index in [0.29, 0.717) is 6.54 Å². The van der Waals surface area contributed by atoms with E-state index in [1.165, 1.54) is 7.11 Å². The molecule has 0 aliphatic carbocycles. The fourth-order valence-corrected chi connectivity index (χ4v) is 1.44. The molecule has 0 aliphatic heterocycles. The molecular formula is C12H18N2O2. The maximum atomic E-state index is 11.5. The van der Waals surface area contributed by atoms with Gasteiger partial charge in [0, 0.05) is 24.6 Å². The second-order valence-electron chi connectivity index (χ2n) is 3.99. The Kier molecular flexibility index (Phi) is 4.76.